The number of nitrogens with one attached hydrogen (secondary N) is 1. The van der Waals surface area contributed by atoms with Gasteiger partial charge in [0, 0.05) is 4.47 Å². The minimum atomic E-state index is -0.112. The largest absolute Gasteiger partial charge is 0.300 e. The molecule has 0 aliphatic carbocycles. The summed E-state index contributed by atoms with van der Waals surface area (Å²) in [5.74, 6) is -0.112. The second-order valence-corrected chi connectivity index (χ2v) is 6.82. The number of hydrogen-bond acceptors (Lipinski definition) is 3. The quantitative estimate of drug-likeness (QED) is 0.779. The number of thioether (sulfide) groups is 1. The maximum absolute atomic E-state index is 12.0. The molecular formula is C17H13BrN2OS. The lowest BCUT2D eigenvalue weighted by Gasteiger charge is -1.97. The van der Waals surface area contributed by atoms with Crippen LogP contribution in [0.2, 0.25) is 0 Å². The Bertz CT molecular complexity index is 764. The predicted molar refractivity (Wildman–Crippen MR) is 96.1 cm³/mol. The maximum atomic E-state index is 12.0. The van der Waals surface area contributed by atoms with Crippen molar-refractivity contribution in [1.29, 1.82) is 0 Å². The second kappa shape index (κ2) is 6.50. The first-order valence-electron chi connectivity index (χ1n) is 6.72. The van der Waals surface area contributed by atoms with Gasteiger partial charge in [-0.3, -0.25) is 4.79 Å². The zero-order valence-electron chi connectivity index (χ0n) is 11.8. The van der Waals surface area contributed by atoms with Crippen molar-refractivity contribution in [2.75, 3.05) is 0 Å². The number of halogens is 1. The van der Waals surface area contributed by atoms with E-state index in [1.54, 1.807) is 0 Å². The third-order valence-corrected chi connectivity index (χ3v) is 4.52. The molecule has 0 saturated carbocycles. The molecule has 0 unspecified atom stereocenters. The van der Waals surface area contributed by atoms with Crippen LogP contribution in [0.4, 0.5) is 5.69 Å². The first-order valence-corrected chi connectivity index (χ1v) is 8.33. The number of hydrogen-bond donors (Lipinski definition) is 1. The molecule has 22 heavy (non-hydrogen) atoms. The number of carbonyl (C=O) groups excluding carboxylic acids is 1. The molecule has 2 aromatic carbocycles. The van der Waals surface area contributed by atoms with Crippen LogP contribution in [0.5, 0.6) is 0 Å². The highest BCUT2D eigenvalue weighted by molar-refractivity contribution is 9.10. The molecule has 3 rings (SSSR count). The van der Waals surface area contributed by atoms with Gasteiger partial charge < -0.3 is 5.32 Å². The Morgan fingerprint density at radius 3 is 2.45 bits per heavy atom. The predicted octanol–water partition coefficient (Wildman–Crippen LogP) is 4.65. The van der Waals surface area contributed by atoms with E-state index >= 15 is 0 Å². The molecule has 1 amide bonds. The van der Waals surface area contributed by atoms with Gasteiger partial charge in [-0.25, -0.2) is 4.99 Å². The van der Waals surface area contributed by atoms with Gasteiger partial charge >= 0.3 is 0 Å². The summed E-state index contributed by atoms with van der Waals surface area (Å²) in [7, 11) is 0. The summed E-state index contributed by atoms with van der Waals surface area (Å²) in [5, 5.41) is 3.40. The number of aliphatic imine (C=N–C) groups is 1. The fourth-order valence-corrected chi connectivity index (χ4v) is 3.03. The number of nitrogens with zero attached hydrogens (tertiary/aromatic N) is 1. The Morgan fingerprint density at radius 2 is 1.77 bits per heavy atom. The Morgan fingerprint density at radius 1 is 1.09 bits per heavy atom. The smallest absolute Gasteiger partial charge is 0.264 e. The molecule has 3 nitrogen and oxygen atoms in total. The number of benzene rings is 2. The van der Waals surface area contributed by atoms with E-state index in [0.717, 1.165) is 15.7 Å². The lowest BCUT2D eigenvalue weighted by molar-refractivity contribution is -0.115. The van der Waals surface area contributed by atoms with Crippen LogP contribution in [0.1, 0.15) is 11.1 Å². The lowest BCUT2D eigenvalue weighted by Crippen LogP contribution is -2.19. The van der Waals surface area contributed by atoms with Crippen molar-refractivity contribution in [2.24, 2.45) is 4.99 Å². The van der Waals surface area contributed by atoms with Crippen molar-refractivity contribution < 1.29 is 4.79 Å². The summed E-state index contributed by atoms with van der Waals surface area (Å²) in [5.41, 5.74) is 3.00. The second-order valence-electron chi connectivity index (χ2n) is 4.87. The number of aryl methyl sites for hydroxylation is 1. The molecule has 1 aliphatic heterocycles. The summed E-state index contributed by atoms with van der Waals surface area (Å²) in [6.07, 6.45) is 1.87. The number of rotatable bonds is 2. The van der Waals surface area contributed by atoms with Gasteiger partial charge in [-0.15, -0.1) is 0 Å². The lowest BCUT2D eigenvalue weighted by atomic mass is 10.2. The highest BCUT2D eigenvalue weighted by Gasteiger charge is 2.23. The Kier molecular flexibility index (Phi) is 4.45. The normalized spacial score (nSPS) is 18.0. The van der Waals surface area contributed by atoms with E-state index in [4.69, 9.17) is 0 Å². The van der Waals surface area contributed by atoms with E-state index in [1.165, 1.54) is 17.3 Å². The molecule has 110 valence electrons. The highest BCUT2D eigenvalue weighted by atomic mass is 79.9. The standard InChI is InChI=1S/C17H13BrN2OS/c1-11-2-8-14(9-3-11)19-17-20-16(21)15(22-17)10-12-4-6-13(18)7-5-12/h2-10H,1H3,(H,19,20,21)/b15-10-. The third-order valence-electron chi connectivity index (χ3n) is 3.08. The van der Waals surface area contributed by atoms with Crippen LogP contribution in [0.3, 0.4) is 0 Å². The van der Waals surface area contributed by atoms with Gasteiger partial charge in [0.05, 0.1) is 10.6 Å². The maximum Gasteiger partial charge on any atom is 0.264 e. The van der Waals surface area contributed by atoms with Crippen LogP contribution in [-0.2, 0) is 4.79 Å². The topological polar surface area (TPSA) is 41.5 Å². The molecule has 0 atom stereocenters. The molecule has 1 heterocycles. The molecule has 0 radical (unpaired) electrons. The molecular weight excluding hydrogens is 360 g/mol. The van der Waals surface area contributed by atoms with Crippen molar-refractivity contribution in [1.82, 2.24) is 5.32 Å². The van der Waals surface area contributed by atoms with Crippen molar-refractivity contribution in [3.8, 4) is 0 Å². The van der Waals surface area contributed by atoms with Crippen LogP contribution in [-0.4, -0.2) is 11.1 Å². The van der Waals surface area contributed by atoms with Gasteiger partial charge in [0.15, 0.2) is 5.17 Å². The molecule has 5 heteroatoms. The van der Waals surface area contributed by atoms with E-state index in [0.29, 0.717) is 10.1 Å². The van der Waals surface area contributed by atoms with Crippen LogP contribution in [0.15, 0.2) is 62.9 Å². The zero-order chi connectivity index (χ0) is 15.5. The van der Waals surface area contributed by atoms with E-state index in [9.17, 15) is 4.79 Å². The number of carbonyl (C=O) groups is 1. The molecule has 0 bridgehead atoms. The van der Waals surface area contributed by atoms with Crippen LogP contribution < -0.4 is 5.32 Å². The summed E-state index contributed by atoms with van der Waals surface area (Å²) < 4.78 is 1.01. The van der Waals surface area contributed by atoms with Gasteiger partial charge in [0.1, 0.15) is 0 Å². The highest BCUT2D eigenvalue weighted by Crippen LogP contribution is 2.28. The molecule has 2 aromatic rings. The van der Waals surface area contributed by atoms with Crippen molar-refractivity contribution >= 4 is 50.5 Å². The van der Waals surface area contributed by atoms with Crippen molar-refractivity contribution in [2.45, 2.75) is 6.92 Å². The Balaban J connectivity index is 1.80. The molecule has 0 aromatic heterocycles. The summed E-state index contributed by atoms with van der Waals surface area (Å²) in [4.78, 5) is 17.1. The van der Waals surface area contributed by atoms with Crippen molar-refractivity contribution in [3.63, 3.8) is 0 Å². The first kappa shape index (κ1) is 15.1. The summed E-state index contributed by atoms with van der Waals surface area (Å²) >= 11 is 4.75. The third kappa shape index (κ3) is 3.67. The average molecular weight is 373 g/mol. The zero-order valence-corrected chi connectivity index (χ0v) is 14.2. The van der Waals surface area contributed by atoms with E-state index in [-0.39, 0.29) is 5.91 Å². The van der Waals surface area contributed by atoms with Gasteiger partial charge in [-0.1, -0.05) is 45.8 Å². The minimum Gasteiger partial charge on any atom is -0.300 e. The van der Waals surface area contributed by atoms with Crippen LogP contribution in [0.25, 0.3) is 6.08 Å². The van der Waals surface area contributed by atoms with Gasteiger partial charge in [0.25, 0.3) is 5.91 Å². The minimum absolute atomic E-state index is 0.112. The molecule has 1 fully saturated rings. The first-order chi connectivity index (χ1) is 10.6. The van der Waals surface area contributed by atoms with Crippen LogP contribution >= 0.6 is 27.7 Å². The molecule has 1 saturated heterocycles. The average Bonchev–Trinajstić information content (AvgIpc) is 2.84. The van der Waals surface area contributed by atoms with E-state index < -0.39 is 0 Å². The number of amidine groups is 1. The Hall–Kier alpha value is -1.85. The van der Waals surface area contributed by atoms with E-state index in [1.807, 2.05) is 61.5 Å². The summed E-state index contributed by atoms with van der Waals surface area (Å²) in [6.45, 7) is 2.03. The summed E-state index contributed by atoms with van der Waals surface area (Å²) in [6, 6.07) is 15.7. The molecule has 1 aliphatic rings. The van der Waals surface area contributed by atoms with Gasteiger partial charge in [0.2, 0.25) is 0 Å². The Labute approximate surface area is 141 Å². The molecule has 0 spiro atoms. The monoisotopic (exact) mass is 372 g/mol. The SMILES string of the molecule is Cc1ccc(N=C2NC(=O)/C(=C/c3ccc(Br)cc3)S2)cc1. The fourth-order valence-electron chi connectivity index (χ4n) is 1.93. The fraction of sp³-hybridized carbons (Fsp3) is 0.0588. The van der Waals surface area contributed by atoms with Gasteiger partial charge in [-0.2, -0.15) is 0 Å². The van der Waals surface area contributed by atoms with Crippen molar-refractivity contribution in [3.05, 3.63) is 69.0 Å². The number of amides is 1. The molecule has 1 N–H and O–H groups in total. The van der Waals surface area contributed by atoms with Crippen LogP contribution in [0, 0.1) is 6.92 Å². The van der Waals surface area contributed by atoms with E-state index in [2.05, 4.69) is 26.2 Å². The van der Waals surface area contributed by atoms with Gasteiger partial charge in [-0.05, 0) is 54.6 Å².